The van der Waals surface area contributed by atoms with Crippen molar-refractivity contribution in [2.45, 2.75) is 0 Å². The number of rotatable bonds is 13. The van der Waals surface area contributed by atoms with E-state index < -0.39 is 17.9 Å². The molecule has 10 heteroatoms. The third-order valence-electron chi connectivity index (χ3n) is 12.7. The first kappa shape index (κ1) is 60.2. The summed E-state index contributed by atoms with van der Waals surface area (Å²) in [5.41, 5.74) is 14.1. The molecular formula is C75H52N4O6. The van der Waals surface area contributed by atoms with Crippen LogP contribution in [0.4, 0.5) is 0 Å². The Bertz CT molecular complexity index is 4110. The van der Waals surface area contributed by atoms with Crippen molar-refractivity contribution in [1.82, 2.24) is 0 Å². The molecule has 0 aliphatic rings. The molecule has 0 spiro atoms. The Morgan fingerprint density at radius 3 is 0.647 bits per heavy atom. The maximum atomic E-state index is 12.2. The molecule has 0 aliphatic heterocycles. The SMILES string of the molecule is C=Cc1ccc(-c2ccc(C#N)cc2)cc1.C=Cc1ccc(-c2ccc(C(=O)Oc3ccc(C#N)cc3)cc2)cc1.C=Cc1ccc(OC(=O)c2ccc(-c3ccc(C#N)cc3)cc2)cc1.C=Cc1ccc(OC(=O)c2ccc(C#N)cc2)cc1. The van der Waals surface area contributed by atoms with E-state index in [1.807, 2.05) is 140 Å². The van der Waals surface area contributed by atoms with Gasteiger partial charge in [-0.25, -0.2) is 14.4 Å². The van der Waals surface area contributed by atoms with Crippen molar-refractivity contribution < 1.29 is 28.6 Å². The van der Waals surface area contributed by atoms with E-state index in [0.717, 1.165) is 55.6 Å². The number of carbonyl (C=O) groups excluding carboxylic acids is 3. The number of nitrogens with zero attached hydrogens (tertiary/aromatic N) is 4. The molecule has 10 rings (SSSR count). The molecule has 0 unspecified atom stereocenters. The van der Waals surface area contributed by atoms with E-state index >= 15 is 0 Å². The maximum absolute atomic E-state index is 12.2. The highest BCUT2D eigenvalue weighted by Gasteiger charge is 2.12. The minimum absolute atomic E-state index is 0.405. The number of hydrogen-bond donors (Lipinski definition) is 0. The minimum atomic E-state index is -0.448. The summed E-state index contributed by atoms with van der Waals surface area (Å²) in [6, 6.07) is 80.6. The summed E-state index contributed by atoms with van der Waals surface area (Å²) in [6.45, 7) is 14.8. The first-order chi connectivity index (χ1) is 41.4. The lowest BCUT2D eigenvalue weighted by atomic mass is 10.0. The molecule has 0 saturated heterocycles. The van der Waals surface area contributed by atoms with Crippen molar-refractivity contribution in [3.05, 3.63) is 330 Å². The molecule has 0 aromatic heterocycles. The van der Waals surface area contributed by atoms with Crippen molar-refractivity contribution in [2.24, 2.45) is 0 Å². The van der Waals surface area contributed by atoms with Crippen LogP contribution in [0.25, 0.3) is 57.7 Å². The highest BCUT2D eigenvalue weighted by atomic mass is 16.5. The molecule has 10 nitrogen and oxygen atoms in total. The molecule has 0 atom stereocenters. The van der Waals surface area contributed by atoms with Crippen molar-refractivity contribution in [3.8, 4) is 74.9 Å². The molecule has 10 aromatic rings. The first-order valence-electron chi connectivity index (χ1n) is 26.2. The highest BCUT2D eigenvalue weighted by molar-refractivity contribution is 5.93. The van der Waals surface area contributed by atoms with Crippen LogP contribution >= 0.6 is 0 Å². The predicted octanol–water partition coefficient (Wildman–Crippen LogP) is 17.5. The van der Waals surface area contributed by atoms with Gasteiger partial charge >= 0.3 is 17.9 Å². The molecule has 0 aliphatic carbocycles. The second kappa shape index (κ2) is 30.8. The molecule has 10 aromatic carbocycles. The van der Waals surface area contributed by atoms with Gasteiger partial charge in [-0.1, -0.05) is 172 Å². The van der Waals surface area contributed by atoms with Crippen LogP contribution < -0.4 is 14.2 Å². The average Bonchev–Trinajstić information content (AvgIpc) is 3.71. The lowest BCUT2D eigenvalue weighted by molar-refractivity contribution is 0.0725. The molecule has 0 amide bonds. The smallest absolute Gasteiger partial charge is 0.343 e. The standard InChI is InChI=1S/2C22H15NO2.C16H11NO2.C15H11N/c1-2-16-5-13-21(14-6-16)25-22(24)20-11-9-19(10-12-20)18-7-3-17(15-23)4-8-18;1-2-16-3-7-18(8-4-16)19-9-11-20(12-10-19)22(24)25-21-13-5-17(15-23)6-14-21;1-2-12-5-9-15(10-6-12)19-16(18)14-7-3-13(11-17)4-8-14;1-2-12-3-7-14(8-4-12)15-9-5-13(11-16)6-10-15/h2*2-14H,1H2;2-10H,1H2;2-10H,1H2. The summed E-state index contributed by atoms with van der Waals surface area (Å²) >= 11 is 0. The van der Waals surface area contributed by atoms with Crippen LogP contribution in [-0.4, -0.2) is 17.9 Å². The molecule has 0 bridgehead atoms. The minimum Gasteiger partial charge on any atom is -0.423 e. The number of ether oxygens (including phenoxy) is 3. The van der Waals surface area contributed by atoms with E-state index in [-0.39, 0.29) is 0 Å². The summed E-state index contributed by atoms with van der Waals surface area (Å²) < 4.78 is 15.9. The lowest BCUT2D eigenvalue weighted by Gasteiger charge is -2.06. The topological polar surface area (TPSA) is 174 Å². The zero-order valence-corrected chi connectivity index (χ0v) is 46.0. The van der Waals surface area contributed by atoms with Crippen molar-refractivity contribution in [1.29, 1.82) is 21.0 Å². The summed E-state index contributed by atoms with van der Waals surface area (Å²) in [6.07, 6.45) is 7.06. The molecule has 0 N–H and O–H groups in total. The number of esters is 3. The van der Waals surface area contributed by atoms with E-state index in [9.17, 15) is 14.4 Å². The average molecular weight is 1110 g/mol. The Kier molecular flexibility index (Phi) is 21.8. The van der Waals surface area contributed by atoms with E-state index in [1.165, 1.54) is 0 Å². The highest BCUT2D eigenvalue weighted by Crippen LogP contribution is 2.25. The van der Waals surface area contributed by atoms with Gasteiger partial charge in [0.25, 0.3) is 0 Å². The van der Waals surface area contributed by atoms with Crippen LogP contribution in [0.2, 0.25) is 0 Å². The summed E-state index contributed by atoms with van der Waals surface area (Å²) in [5, 5.41) is 35.0. The molecule has 0 saturated carbocycles. The normalized spacial score (nSPS) is 9.69. The van der Waals surface area contributed by atoms with Crippen molar-refractivity contribution in [3.63, 3.8) is 0 Å². The van der Waals surface area contributed by atoms with Gasteiger partial charge in [-0.15, -0.1) is 0 Å². The molecular weight excluding hydrogens is 1050 g/mol. The Hall–Kier alpha value is -12.5. The van der Waals surface area contributed by atoms with Crippen LogP contribution in [0.15, 0.2) is 269 Å². The van der Waals surface area contributed by atoms with Crippen molar-refractivity contribution in [2.75, 3.05) is 0 Å². The third-order valence-corrected chi connectivity index (χ3v) is 12.7. The summed E-state index contributed by atoms with van der Waals surface area (Å²) in [4.78, 5) is 36.3. The number of hydrogen-bond acceptors (Lipinski definition) is 10. The van der Waals surface area contributed by atoms with E-state index in [2.05, 4.69) is 50.6 Å². The predicted molar refractivity (Wildman–Crippen MR) is 336 cm³/mol. The fourth-order valence-corrected chi connectivity index (χ4v) is 7.82. The number of benzene rings is 10. The summed E-state index contributed by atoms with van der Waals surface area (Å²) in [5.74, 6) is 0.0895. The molecule has 408 valence electrons. The van der Waals surface area contributed by atoms with Crippen LogP contribution in [0.5, 0.6) is 17.2 Å². The largest absolute Gasteiger partial charge is 0.423 e. The summed E-state index contributed by atoms with van der Waals surface area (Å²) in [7, 11) is 0. The molecule has 0 heterocycles. The zero-order chi connectivity index (χ0) is 60.3. The van der Waals surface area contributed by atoms with Gasteiger partial charge in [-0.05, 0) is 177 Å². The van der Waals surface area contributed by atoms with Crippen LogP contribution in [0, 0.1) is 45.3 Å². The van der Waals surface area contributed by atoms with E-state index in [1.54, 1.807) is 127 Å². The van der Waals surface area contributed by atoms with Gasteiger partial charge in [0.15, 0.2) is 0 Å². The van der Waals surface area contributed by atoms with Gasteiger partial charge in [0.1, 0.15) is 17.2 Å². The van der Waals surface area contributed by atoms with Crippen LogP contribution in [0.3, 0.4) is 0 Å². The second-order valence-corrected chi connectivity index (χ2v) is 18.2. The first-order valence-corrected chi connectivity index (χ1v) is 26.2. The van der Waals surface area contributed by atoms with E-state index in [0.29, 0.717) is 56.2 Å². The molecule has 85 heavy (non-hydrogen) atoms. The monoisotopic (exact) mass is 1100 g/mol. The fraction of sp³-hybridized carbons (Fsp3) is 0. The van der Waals surface area contributed by atoms with Gasteiger partial charge in [-0.3, -0.25) is 0 Å². The Balaban J connectivity index is 0.000000165. The van der Waals surface area contributed by atoms with Gasteiger partial charge in [0.05, 0.1) is 63.2 Å². The van der Waals surface area contributed by atoms with Crippen LogP contribution in [-0.2, 0) is 0 Å². The van der Waals surface area contributed by atoms with Gasteiger partial charge in [0, 0.05) is 0 Å². The molecule has 0 fully saturated rings. The maximum Gasteiger partial charge on any atom is 0.343 e. The second-order valence-electron chi connectivity index (χ2n) is 18.2. The van der Waals surface area contributed by atoms with Crippen molar-refractivity contribution >= 4 is 42.2 Å². The van der Waals surface area contributed by atoms with Crippen LogP contribution in [0.1, 0.15) is 75.6 Å². The number of nitriles is 4. The lowest BCUT2D eigenvalue weighted by Crippen LogP contribution is -2.08. The van der Waals surface area contributed by atoms with E-state index in [4.69, 9.17) is 35.3 Å². The quantitative estimate of drug-likeness (QED) is 0.0798. The zero-order valence-electron chi connectivity index (χ0n) is 46.0. The Morgan fingerprint density at radius 1 is 0.259 bits per heavy atom. The third kappa shape index (κ3) is 17.8. The molecule has 0 radical (unpaired) electrons. The van der Waals surface area contributed by atoms with Gasteiger partial charge in [-0.2, -0.15) is 21.0 Å². The Labute approximate surface area is 494 Å². The van der Waals surface area contributed by atoms with Gasteiger partial charge < -0.3 is 14.2 Å². The Morgan fingerprint density at radius 2 is 0.424 bits per heavy atom. The number of carbonyl (C=O) groups is 3. The van der Waals surface area contributed by atoms with Gasteiger partial charge in [0.2, 0.25) is 0 Å². The fourth-order valence-electron chi connectivity index (χ4n) is 7.82.